The van der Waals surface area contributed by atoms with Crippen LogP contribution in [0.15, 0.2) is 30.1 Å². The molecule has 1 amide bonds. The van der Waals surface area contributed by atoms with Gasteiger partial charge in [0.25, 0.3) is 5.91 Å². The van der Waals surface area contributed by atoms with E-state index in [0.29, 0.717) is 23.8 Å². The second-order valence-corrected chi connectivity index (χ2v) is 9.75. The van der Waals surface area contributed by atoms with Gasteiger partial charge in [-0.3, -0.25) is 4.79 Å². The highest BCUT2D eigenvalue weighted by Crippen LogP contribution is 2.41. The average Bonchev–Trinajstić information content (AvgIpc) is 3.53. The van der Waals surface area contributed by atoms with Gasteiger partial charge in [-0.05, 0) is 63.5 Å². The monoisotopic (exact) mass is 504 g/mol. The maximum Gasteiger partial charge on any atom is 0.255 e. The van der Waals surface area contributed by atoms with Crippen LogP contribution in [0, 0.1) is 11.7 Å². The number of rotatable bonds is 7. The van der Waals surface area contributed by atoms with Crippen molar-refractivity contribution in [3.8, 4) is 11.5 Å². The van der Waals surface area contributed by atoms with E-state index in [4.69, 9.17) is 15.2 Å². The van der Waals surface area contributed by atoms with Crippen LogP contribution in [-0.2, 0) is 4.79 Å². The van der Waals surface area contributed by atoms with Crippen molar-refractivity contribution in [2.45, 2.75) is 63.6 Å². The molecule has 1 atom stereocenters. The minimum Gasteiger partial charge on any atom is -0.494 e. The Kier molecular flexibility index (Phi) is 7.62. The zero-order valence-electron chi connectivity index (χ0n) is 20.2. The van der Waals surface area contributed by atoms with Gasteiger partial charge < -0.3 is 30.8 Å². The SMILES string of the molecule is COc1cc(C2NC(C)=C(C(=O)NC3CCC(N)CC3)c3[nH]ccc32)c(OCC2CC2)cc1F.Cl. The molecule has 1 aliphatic heterocycles. The predicted octanol–water partition coefficient (Wildman–Crippen LogP) is 4.18. The normalized spacial score (nSPS) is 23.6. The molecule has 9 heteroatoms. The predicted molar refractivity (Wildman–Crippen MR) is 135 cm³/mol. The molecule has 35 heavy (non-hydrogen) atoms. The number of fused-ring (bicyclic) bond motifs is 1. The van der Waals surface area contributed by atoms with Crippen molar-refractivity contribution >= 4 is 23.9 Å². The fourth-order valence-electron chi connectivity index (χ4n) is 4.99. The Morgan fingerprint density at radius 1 is 1.14 bits per heavy atom. The smallest absolute Gasteiger partial charge is 0.255 e. The number of methoxy groups -OCH3 is 1. The molecule has 2 aliphatic carbocycles. The van der Waals surface area contributed by atoms with Crippen molar-refractivity contribution in [3.05, 3.63) is 52.7 Å². The van der Waals surface area contributed by atoms with E-state index < -0.39 is 5.82 Å². The first kappa shape index (κ1) is 25.4. The number of nitrogens with one attached hydrogen (secondary N) is 3. The third-order valence-electron chi connectivity index (χ3n) is 7.18. The van der Waals surface area contributed by atoms with Crippen molar-refractivity contribution in [1.82, 2.24) is 15.6 Å². The number of halogens is 2. The Balaban J connectivity index is 0.00000289. The molecule has 1 unspecified atom stereocenters. The number of nitrogens with two attached hydrogens (primary N) is 1. The van der Waals surface area contributed by atoms with Crippen LogP contribution in [0.2, 0.25) is 0 Å². The van der Waals surface area contributed by atoms with E-state index >= 15 is 0 Å². The lowest BCUT2D eigenvalue weighted by molar-refractivity contribution is -0.116. The van der Waals surface area contributed by atoms with E-state index in [0.717, 1.165) is 61.0 Å². The molecule has 0 radical (unpaired) electrons. The van der Waals surface area contributed by atoms with Gasteiger partial charge in [-0.15, -0.1) is 12.4 Å². The molecule has 190 valence electrons. The lowest BCUT2D eigenvalue weighted by atomic mass is 9.89. The van der Waals surface area contributed by atoms with Crippen LogP contribution in [0.5, 0.6) is 11.5 Å². The number of ether oxygens (including phenoxy) is 2. The van der Waals surface area contributed by atoms with Gasteiger partial charge in [0.2, 0.25) is 0 Å². The fourth-order valence-corrected chi connectivity index (χ4v) is 4.99. The maximum atomic E-state index is 14.6. The van der Waals surface area contributed by atoms with E-state index in [-0.39, 0.29) is 42.2 Å². The van der Waals surface area contributed by atoms with Crippen LogP contribution in [-0.4, -0.2) is 36.7 Å². The van der Waals surface area contributed by atoms with Gasteiger partial charge in [-0.1, -0.05) is 0 Å². The summed E-state index contributed by atoms with van der Waals surface area (Å²) < 4.78 is 25.9. The number of hydrogen-bond acceptors (Lipinski definition) is 5. The molecule has 2 saturated carbocycles. The van der Waals surface area contributed by atoms with Gasteiger partial charge in [-0.25, -0.2) is 4.39 Å². The summed E-state index contributed by atoms with van der Waals surface area (Å²) in [5, 5.41) is 6.68. The maximum absolute atomic E-state index is 14.6. The van der Waals surface area contributed by atoms with E-state index in [9.17, 15) is 9.18 Å². The molecule has 2 heterocycles. The molecular formula is C26H34ClFN4O3. The van der Waals surface area contributed by atoms with E-state index in [2.05, 4.69) is 15.6 Å². The van der Waals surface area contributed by atoms with Crippen molar-refractivity contribution in [3.63, 3.8) is 0 Å². The van der Waals surface area contributed by atoms with Crippen LogP contribution >= 0.6 is 12.4 Å². The number of aromatic amines is 1. The summed E-state index contributed by atoms with van der Waals surface area (Å²) in [4.78, 5) is 16.6. The van der Waals surface area contributed by atoms with Gasteiger partial charge in [0.15, 0.2) is 11.6 Å². The third-order valence-corrected chi connectivity index (χ3v) is 7.18. The molecule has 1 aromatic carbocycles. The second-order valence-electron chi connectivity index (χ2n) is 9.75. The molecule has 3 aliphatic rings. The zero-order valence-corrected chi connectivity index (χ0v) is 21.0. The molecule has 2 aromatic rings. The number of carbonyl (C=O) groups is 1. The number of hydrogen-bond donors (Lipinski definition) is 4. The van der Waals surface area contributed by atoms with Crippen molar-refractivity contribution in [1.29, 1.82) is 0 Å². The second kappa shape index (κ2) is 10.5. The minimum atomic E-state index is -0.457. The Morgan fingerprint density at radius 2 is 1.89 bits per heavy atom. The first-order valence-electron chi connectivity index (χ1n) is 12.2. The average molecular weight is 505 g/mol. The number of H-pyrrole nitrogens is 1. The molecule has 2 fully saturated rings. The largest absolute Gasteiger partial charge is 0.494 e. The molecule has 0 bridgehead atoms. The number of amides is 1. The molecule has 5 rings (SSSR count). The van der Waals surface area contributed by atoms with Crippen LogP contribution in [0.25, 0.3) is 5.57 Å². The fraction of sp³-hybridized carbons (Fsp3) is 0.500. The lowest BCUT2D eigenvalue weighted by Gasteiger charge is -2.31. The van der Waals surface area contributed by atoms with E-state index in [1.807, 2.05) is 19.2 Å². The van der Waals surface area contributed by atoms with E-state index in [1.54, 1.807) is 6.07 Å². The topological polar surface area (TPSA) is 101 Å². The highest BCUT2D eigenvalue weighted by atomic mass is 35.5. The number of benzene rings is 1. The molecule has 7 nitrogen and oxygen atoms in total. The Morgan fingerprint density at radius 3 is 2.57 bits per heavy atom. The summed E-state index contributed by atoms with van der Waals surface area (Å²) in [6.45, 7) is 2.47. The van der Waals surface area contributed by atoms with Gasteiger partial charge in [0, 0.05) is 41.2 Å². The van der Waals surface area contributed by atoms with Crippen molar-refractivity contribution in [2.75, 3.05) is 13.7 Å². The van der Waals surface area contributed by atoms with Gasteiger partial charge >= 0.3 is 0 Å². The first-order chi connectivity index (χ1) is 16.4. The Labute approximate surface area is 211 Å². The van der Waals surface area contributed by atoms with E-state index in [1.165, 1.54) is 13.2 Å². The standard InChI is InChI=1S/C26H33FN4O3.ClH/c1-14-23(26(32)31-17-7-5-16(28)6-8-17)25-18(9-10-29-25)24(30-14)19-11-22(33-2)20(27)12-21(19)34-13-15-3-4-15;/h9-12,15-17,24,29-30H,3-8,13,28H2,1-2H3,(H,31,32);1H. The third kappa shape index (κ3) is 5.28. The van der Waals surface area contributed by atoms with Crippen molar-refractivity contribution < 1.29 is 18.7 Å². The highest BCUT2D eigenvalue weighted by molar-refractivity contribution is 6.20. The molecule has 1 aromatic heterocycles. The molecule has 5 N–H and O–H groups in total. The van der Waals surface area contributed by atoms with Crippen molar-refractivity contribution in [2.24, 2.45) is 11.7 Å². The summed E-state index contributed by atoms with van der Waals surface area (Å²) >= 11 is 0. The molecule has 0 spiro atoms. The van der Waals surface area contributed by atoms with Crippen LogP contribution in [0.1, 0.15) is 68.3 Å². The van der Waals surface area contributed by atoms with Gasteiger partial charge in [0.1, 0.15) is 5.75 Å². The summed E-state index contributed by atoms with van der Waals surface area (Å²) in [5.41, 5.74) is 9.82. The number of carbonyl (C=O) groups excluding carboxylic acids is 1. The quantitative estimate of drug-likeness (QED) is 0.453. The van der Waals surface area contributed by atoms with Crippen LogP contribution in [0.4, 0.5) is 4.39 Å². The summed E-state index contributed by atoms with van der Waals surface area (Å²) in [6, 6.07) is 5.09. The Hall–Kier alpha value is -2.71. The number of aromatic nitrogens is 1. The number of allylic oxidation sites excluding steroid dienone is 1. The van der Waals surface area contributed by atoms with Crippen LogP contribution < -0.4 is 25.8 Å². The molecule has 0 saturated heterocycles. The Bertz CT molecular complexity index is 1110. The summed E-state index contributed by atoms with van der Waals surface area (Å²) in [7, 11) is 1.45. The summed E-state index contributed by atoms with van der Waals surface area (Å²) in [6.07, 6.45) is 7.75. The van der Waals surface area contributed by atoms with Gasteiger partial charge in [-0.2, -0.15) is 0 Å². The van der Waals surface area contributed by atoms with Gasteiger partial charge in [0.05, 0.1) is 31.0 Å². The summed E-state index contributed by atoms with van der Waals surface area (Å²) in [5.74, 6) is 0.630. The highest BCUT2D eigenvalue weighted by Gasteiger charge is 2.34. The molecular weight excluding hydrogens is 471 g/mol. The van der Waals surface area contributed by atoms with Crippen LogP contribution in [0.3, 0.4) is 0 Å². The minimum absolute atomic E-state index is 0. The first-order valence-corrected chi connectivity index (χ1v) is 12.2. The zero-order chi connectivity index (χ0) is 23.8. The lowest BCUT2D eigenvalue weighted by Crippen LogP contribution is -2.42.